The summed E-state index contributed by atoms with van der Waals surface area (Å²) in [5, 5.41) is 8.19. The fraction of sp³-hybridized carbons (Fsp3) is 0. The highest BCUT2D eigenvalue weighted by Gasteiger charge is 2.18. The van der Waals surface area contributed by atoms with Crippen LogP contribution >= 0.6 is 0 Å². The van der Waals surface area contributed by atoms with Crippen LogP contribution in [0.5, 0.6) is 0 Å². The quantitative estimate of drug-likeness (QED) is 0.183. The Morgan fingerprint density at radius 1 is 0.362 bits per heavy atom. The fourth-order valence-corrected chi connectivity index (χ4v) is 7.36. The molecule has 1 nitrogen and oxygen atoms in total. The first kappa shape index (κ1) is 21.5. The molecule has 0 fully saturated rings. The molecule has 0 atom stereocenters. The molecule has 0 bridgehead atoms. The lowest BCUT2D eigenvalue weighted by Crippen LogP contribution is -1.89. The largest absolute Gasteiger partial charge is 0.456 e. The lowest BCUT2D eigenvalue weighted by molar-refractivity contribution is 0.669. The third-order valence-electron chi connectivity index (χ3n) is 9.54. The van der Waals surface area contributed by atoms with E-state index in [1.165, 1.54) is 11.1 Å². The highest BCUT2D eigenvalue weighted by Crippen LogP contribution is 2.45. The molecular weight excluding hydrogens is 569 g/mol. The molecule has 1 heteroatoms. The second-order valence-corrected chi connectivity index (χ2v) is 12.1. The topological polar surface area (TPSA) is 13.1 Å². The maximum Gasteiger partial charge on any atom is 0.136 e. The summed E-state index contributed by atoms with van der Waals surface area (Å²) in [6.45, 7) is 0. The molecule has 0 radical (unpaired) electrons. The normalized spacial score (nSPS) is 13.3. The summed E-state index contributed by atoms with van der Waals surface area (Å²) in [6, 6.07) is 46.8. The van der Waals surface area contributed by atoms with Gasteiger partial charge in [-0.3, -0.25) is 0 Å². The minimum absolute atomic E-state index is 0.202. The van der Waals surface area contributed by atoms with Crippen LogP contribution in [-0.4, -0.2) is 0 Å². The van der Waals surface area contributed by atoms with E-state index in [9.17, 15) is 0 Å². The Morgan fingerprint density at radius 3 is 1.72 bits per heavy atom. The van der Waals surface area contributed by atoms with E-state index in [4.69, 9.17) is 11.3 Å². The van der Waals surface area contributed by atoms with Crippen molar-refractivity contribution in [2.75, 3.05) is 0 Å². The predicted molar refractivity (Wildman–Crippen MR) is 199 cm³/mol. The number of benzene rings is 9. The molecule has 218 valence electrons. The third-order valence-corrected chi connectivity index (χ3v) is 9.54. The average molecular weight is 602 g/mol. The van der Waals surface area contributed by atoms with Crippen molar-refractivity contribution in [2.24, 2.45) is 0 Å². The second kappa shape index (κ2) is 10.2. The zero-order valence-corrected chi connectivity index (χ0v) is 25.2. The Morgan fingerprint density at radius 2 is 0.979 bits per heavy atom. The van der Waals surface area contributed by atoms with Gasteiger partial charge in [0.15, 0.2) is 0 Å². The molecule has 10 rings (SSSR count). The Balaban J connectivity index is 1.18. The molecule has 0 saturated heterocycles. The van der Waals surface area contributed by atoms with Crippen molar-refractivity contribution < 1.29 is 11.3 Å². The van der Waals surface area contributed by atoms with Crippen LogP contribution in [0.2, 0.25) is 0 Å². The molecule has 0 amide bonds. The second-order valence-electron chi connectivity index (χ2n) is 12.1. The van der Waals surface area contributed by atoms with E-state index in [0.717, 1.165) is 76.5 Å². The zero-order valence-electron chi connectivity index (χ0n) is 30.2. The molecule has 0 N–H and O–H groups in total. The summed E-state index contributed by atoms with van der Waals surface area (Å²) in [5.74, 6) is 0. The van der Waals surface area contributed by atoms with Gasteiger partial charge in [-0.05, 0) is 95.0 Å². The van der Waals surface area contributed by atoms with Crippen LogP contribution in [0.3, 0.4) is 0 Å². The average Bonchev–Trinajstić information content (AvgIpc) is 3.57. The smallest absolute Gasteiger partial charge is 0.136 e. The Hall–Kier alpha value is -6.18. The molecule has 1 heterocycles. The molecular formula is C46H28O. The molecule has 0 aliphatic heterocycles. The van der Waals surface area contributed by atoms with Gasteiger partial charge in [-0.25, -0.2) is 0 Å². The molecule has 0 aliphatic rings. The predicted octanol–water partition coefficient (Wildman–Crippen LogP) is 13.2. The van der Waals surface area contributed by atoms with Crippen LogP contribution < -0.4 is 0 Å². The first-order chi connectivity index (χ1) is 25.4. The Kier molecular flexibility index (Phi) is 4.66. The van der Waals surface area contributed by atoms with E-state index in [0.29, 0.717) is 5.56 Å². The number of fused-ring (bicyclic) bond motifs is 3. The van der Waals surface area contributed by atoms with Crippen molar-refractivity contribution in [3.05, 3.63) is 170 Å². The van der Waals surface area contributed by atoms with Gasteiger partial charge in [-0.1, -0.05) is 152 Å². The molecule has 0 aliphatic carbocycles. The first-order valence-electron chi connectivity index (χ1n) is 18.3. The van der Waals surface area contributed by atoms with Crippen LogP contribution in [0.1, 0.15) is 6.85 Å². The summed E-state index contributed by atoms with van der Waals surface area (Å²) < 4.78 is 48.6. The number of rotatable bonds is 4. The maximum atomic E-state index is 8.71. The summed E-state index contributed by atoms with van der Waals surface area (Å²) >= 11 is 0. The Bertz CT molecular complexity index is 3020. The van der Waals surface area contributed by atoms with E-state index in [1.54, 1.807) is 0 Å². The van der Waals surface area contributed by atoms with Gasteiger partial charge in [0, 0.05) is 10.8 Å². The summed E-state index contributed by atoms with van der Waals surface area (Å²) in [7, 11) is 0. The monoisotopic (exact) mass is 601 g/mol. The van der Waals surface area contributed by atoms with Crippen molar-refractivity contribution in [3.8, 4) is 44.5 Å². The van der Waals surface area contributed by atoms with Crippen LogP contribution in [0.15, 0.2) is 174 Å². The summed E-state index contributed by atoms with van der Waals surface area (Å²) in [4.78, 5) is 0. The van der Waals surface area contributed by atoms with E-state index < -0.39 is 6.04 Å². The van der Waals surface area contributed by atoms with Gasteiger partial charge < -0.3 is 4.42 Å². The van der Waals surface area contributed by atoms with Gasteiger partial charge >= 0.3 is 0 Å². The highest BCUT2D eigenvalue weighted by atomic mass is 16.3. The maximum absolute atomic E-state index is 8.71. The molecule has 47 heavy (non-hydrogen) atoms. The molecule has 0 saturated carbocycles. The SMILES string of the molecule is [2H]c1c([2H])c([2H])c(-c2ccc3ccc4c(-c5cccc6oc7ccc(-c8ccc(-c9ccccc9)cc8)cc7c56)ccc5ccc2c3c54)c([2H])c1[2H]. The van der Waals surface area contributed by atoms with Gasteiger partial charge in [0.05, 0.1) is 6.85 Å². The highest BCUT2D eigenvalue weighted by molar-refractivity contribution is 6.28. The molecule has 9 aromatic carbocycles. The van der Waals surface area contributed by atoms with Gasteiger partial charge in [0.1, 0.15) is 11.2 Å². The lowest BCUT2D eigenvalue weighted by Gasteiger charge is -2.17. The van der Waals surface area contributed by atoms with E-state index in [2.05, 4.69) is 103 Å². The molecule has 10 aromatic rings. The van der Waals surface area contributed by atoms with Crippen LogP contribution in [0.4, 0.5) is 0 Å². The Labute approximate surface area is 279 Å². The summed E-state index contributed by atoms with van der Waals surface area (Å²) in [6.07, 6.45) is 0. The number of hydrogen-bond donors (Lipinski definition) is 0. The van der Waals surface area contributed by atoms with Crippen LogP contribution in [-0.2, 0) is 0 Å². The first-order valence-corrected chi connectivity index (χ1v) is 15.8. The van der Waals surface area contributed by atoms with E-state index >= 15 is 0 Å². The van der Waals surface area contributed by atoms with Crippen molar-refractivity contribution in [3.63, 3.8) is 0 Å². The molecule has 0 spiro atoms. The number of hydrogen-bond acceptors (Lipinski definition) is 1. The zero-order chi connectivity index (χ0) is 35.2. The van der Waals surface area contributed by atoms with Crippen molar-refractivity contribution >= 4 is 54.3 Å². The third kappa shape index (κ3) is 4.03. The van der Waals surface area contributed by atoms with Crippen molar-refractivity contribution in [2.45, 2.75) is 0 Å². The van der Waals surface area contributed by atoms with Gasteiger partial charge in [0.2, 0.25) is 0 Å². The van der Waals surface area contributed by atoms with E-state index in [1.807, 2.05) is 36.4 Å². The number of furan rings is 1. The minimum atomic E-state index is -0.393. The van der Waals surface area contributed by atoms with Crippen LogP contribution in [0.25, 0.3) is 98.8 Å². The van der Waals surface area contributed by atoms with Gasteiger partial charge in [-0.2, -0.15) is 0 Å². The minimum Gasteiger partial charge on any atom is -0.456 e. The lowest BCUT2D eigenvalue weighted by atomic mass is 9.86. The molecule has 1 aromatic heterocycles. The van der Waals surface area contributed by atoms with Crippen LogP contribution in [0, 0.1) is 0 Å². The van der Waals surface area contributed by atoms with Crippen molar-refractivity contribution in [1.82, 2.24) is 0 Å². The van der Waals surface area contributed by atoms with Crippen molar-refractivity contribution in [1.29, 1.82) is 0 Å². The van der Waals surface area contributed by atoms with E-state index in [-0.39, 0.29) is 29.7 Å². The summed E-state index contributed by atoms with van der Waals surface area (Å²) in [5.41, 5.74) is 9.22. The van der Waals surface area contributed by atoms with Gasteiger partial charge in [0.25, 0.3) is 0 Å². The molecule has 0 unspecified atom stereocenters. The van der Waals surface area contributed by atoms with Gasteiger partial charge in [-0.15, -0.1) is 0 Å². The standard InChI is InChI=1S/C46H28O/c1-3-8-29(9-4-1)30-14-16-31(17-15-30)35-22-27-42-41(28-35)46-38(12-7-13-43(46)47-42)37-24-19-34-20-25-39-36(32-10-5-2-6-11-32)23-18-33-21-26-40(37)45(34)44(33)39/h1-28H/i2D,5D,6D,10D,11D. The fourth-order valence-electron chi connectivity index (χ4n) is 7.36.